The summed E-state index contributed by atoms with van der Waals surface area (Å²) in [5, 5.41) is 0. The van der Waals surface area contributed by atoms with Crippen LogP contribution in [0.15, 0.2) is 218 Å². The lowest BCUT2D eigenvalue weighted by Crippen LogP contribution is -2.29. The molecule has 11 rings (SSSR count). The van der Waals surface area contributed by atoms with Crippen LogP contribution in [0.4, 0.5) is 21.5 Å². The Kier molecular flexibility index (Phi) is 9.68. The molecule has 0 fully saturated rings. The molecule has 1 nitrogen and oxygen atoms in total. The smallest absolute Gasteiger partial charge is 0.123 e. The second kappa shape index (κ2) is 15.4. The van der Waals surface area contributed by atoms with Gasteiger partial charge in [0.15, 0.2) is 0 Å². The fourth-order valence-electron chi connectivity index (χ4n) is 11.2. The van der Waals surface area contributed by atoms with E-state index < -0.39 is 10.8 Å². The quantitative estimate of drug-likeness (QED) is 0.154. The van der Waals surface area contributed by atoms with Gasteiger partial charge in [0.05, 0.1) is 10.8 Å². The van der Waals surface area contributed by atoms with Crippen molar-refractivity contribution in [3.8, 4) is 22.3 Å². The predicted molar refractivity (Wildman–Crippen MR) is 273 cm³/mol. The Labute approximate surface area is 389 Å². The Morgan fingerprint density at radius 2 is 0.742 bits per heavy atom. The van der Waals surface area contributed by atoms with Gasteiger partial charge < -0.3 is 4.90 Å². The zero-order valence-corrected chi connectivity index (χ0v) is 38.6. The van der Waals surface area contributed by atoms with Crippen LogP contribution in [-0.4, -0.2) is 0 Å². The average Bonchev–Trinajstić information content (AvgIpc) is 3.80. The Morgan fingerprint density at radius 1 is 0.318 bits per heavy atom. The lowest BCUT2D eigenvalue weighted by molar-refractivity contribution is 0.587. The summed E-state index contributed by atoms with van der Waals surface area (Å²) < 4.78 is 14.9. The van der Waals surface area contributed by atoms with E-state index in [0.29, 0.717) is 0 Å². The summed E-state index contributed by atoms with van der Waals surface area (Å²) >= 11 is 0. The molecule has 322 valence electrons. The van der Waals surface area contributed by atoms with Crippen molar-refractivity contribution in [3.05, 3.63) is 280 Å². The van der Waals surface area contributed by atoms with Gasteiger partial charge in [-0.25, -0.2) is 4.39 Å². The van der Waals surface area contributed by atoms with Crippen LogP contribution in [-0.2, 0) is 21.7 Å². The average molecular weight is 856 g/mol. The molecule has 0 saturated carbocycles. The molecule has 2 unspecified atom stereocenters. The van der Waals surface area contributed by atoms with Gasteiger partial charge in [0.1, 0.15) is 5.82 Å². The Bertz CT molecular complexity index is 3260. The van der Waals surface area contributed by atoms with Crippen molar-refractivity contribution in [1.29, 1.82) is 0 Å². The van der Waals surface area contributed by atoms with E-state index in [-0.39, 0.29) is 16.6 Å². The first-order valence-corrected chi connectivity index (χ1v) is 23.3. The molecule has 9 aromatic rings. The maximum Gasteiger partial charge on any atom is 0.123 e. The normalized spacial score (nSPS) is 17.1. The lowest BCUT2D eigenvalue weighted by Gasteiger charge is -2.36. The molecule has 2 aliphatic rings. The Morgan fingerprint density at radius 3 is 1.27 bits per heavy atom. The maximum absolute atomic E-state index is 14.9. The van der Waals surface area contributed by atoms with Crippen LogP contribution in [0.5, 0.6) is 0 Å². The highest BCUT2D eigenvalue weighted by Crippen LogP contribution is 2.60. The maximum atomic E-state index is 14.9. The number of fused-ring (bicyclic) bond motifs is 6. The van der Waals surface area contributed by atoms with Gasteiger partial charge in [-0.2, -0.15) is 0 Å². The Hall–Kier alpha value is -7.29. The first kappa shape index (κ1) is 41.4. The fourth-order valence-corrected chi connectivity index (χ4v) is 11.2. The van der Waals surface area contributed by atoms with E-state index in [2.05, 4.69) is 241 Å². The molecule has 0 heterocycles. The van der Waals surface area contributed by atoms with Crippen molar-refractivity contribution in [1.82, 2.24) is 0 Å². The largest absolute Gasteiger partial charge is 0.310 e. The van der Waals surface area contributed by atoms with Crippen molar-refractivity contribution in [2.45, 2.75) is 63.2 Å². The van der Waals surface area contributed by atoms with Gasteiger partial charge in [-0.15, -0.1) is 0 Å². The van der Waals surface area contributed by atoms with E-state index in [9.17, 15) is 4.39 Å². The summed E-state index contributed by atoms with van der Waals surface area (Å²) in [6, 6.07) is 79.4. The summed E-state index contributed by atoms with van der Waals surface area (Å²) in [7, 11) is 0. The lowest BCUT2D eigenvalue weighted by atomic mass is 9.66. The fraction of sp³-hybridized carbons (Fsp3) is 0.156. The zero-order valence-electron chi connectivity index (χ0n) is 38.6. The van der Waals surface area contributed by atoms with Crippen LogP contribution in [0, 0.1) is 5.82 Å². The van der Waals surface area contributed by atoms with E-state index in [0.717, 1.165) is 28.2 Å². The number of halogens is 1. The van der Waals surface area contributed by atoms with Crippen molar-refractivity contribution >= 4 is 17.1 Å². The van der Waals surface area contributed by atoms with Gasteiger partial charge in [0.25, 0.3) is 0 Å². The molecular formula is C64H54FN. The second-order valence-electron chi connectivity index (χ2n) is 20.3. The zero-order chi connectivity index (χ0) is 45.4. The number of nitrogens with zero attached hydrogens (tertiary/aromatic N) is 1. The molecule has 66 heavy (non-hydrogen) atoms. The number of hydrogen-bond acceptors (Lipinski definition) is 1. The third kappa shape index (κ3) is 6.33. The van der Waals surface area contributed by atoms with Crippen LogP contribution >= 0.6 is 0 Å². The first-order chi connectivity index (χ1) is 31.9. The minimum absolute atomic E-state index is 0.0128. The van der Waals surface area contributed by atoms with Crippen molar-refractivity contribution in [3.63, 3.8) is 0 Å². The summed E-state index contributed by atoms with van der Waals surface area (Å²) in [6.07, 6.45) is 0. The molecule has 0 amide bonds. The molecule has 9 aromatic carbocycles. The third-order valence-corrected chi connectivity index (χ3v) is 14.4. The molecule has 0 spiro atoms. The third-order valence-electron chi connectivity index (χ3n) is 14.4. The molecule has 2 atom stereocenters. The number of benzene rings is 9. The highest BCUT2D eigenvalue weighted by molar-refractivity contribution is 5.92. The van der Waals surface area contributed by atoms with Crippen LogP contribution in [0.1, 0.15) is 97.2 Å². The van der Waals surface area contributed by atoms with Crippen LogP contribution in [0.25, 0.3) is 22.3 Å². The highest BCUT2D eigenvalue weighted by atomic mass is 19.1. The molecule has 0 aliphatic heterocycles. The predicted octanol–water partition coefficient (Wildman–Crippen LogP) is 16.6. The van der Waals surface area contributed by atoms with E-state index in [4.69, 9.17) is 0 Å². The van der Waals surface area contributed by atoms with Crippen molar-refractivity contribution < 1.29 is 4.39 Å². The first-order valence-electron chi connectivity index (χ1n) is 23.3. The molecule has 2 heteroatoms. The topological polar surface area (TPSA) is 3.24 Å². The molecule has 0 N–H and O–H groups in total. The molecule has 0 bridgehead atoms. The van der Waals surface area contributed by atoms with Crippen molar-refractivity contribution in [2.75, 3.05) is 4.90 Å². The summed E-state index contributed by atoms with van der Waals surface area (Å²) in [5.74, 6) is -0.247. The van der Waals surface area contributed by atoms with Crippen LogP contribution < -0.4 is 4.90 Å². The van der Waals surface area contributed by atoms with Crippen LogP contribution in [0.3, 0.4) is 0 Å². The summed E-state index contributed by atoms with van der Waals surface area (Å²) in [6.45, 7) is 13.7. The van der Waals surface area contributed by atoms with Gasteiger partial charge in [-0.05, 0) is 137 Å². The number of rotatable bonds is 7. The minimum Gasteiger partial charge on any atom is -0.310 e. The summed E-state index contributed by atoms with van der Waals surface area (Å²) in [5.41, 5.74) is 18.9. The summed E-state index contributed by atoms with van der Waals surface area (Å²) in [4.78, 5) is 2.42. The van der Waals surface area contributed by atoms with Gasteiger partial charge >= 0.3 is 0 Å². The standard InChI is InChI=1S/C64H54FN/c1-61(2,3)43-28-30-45(31-29-43)63(46-32-34-49(65)35-33-46)57-26-15-13-24-53(57)55-38-36-51(41-59(55)63)66(50-22-11-8-12-23-50)52-37-39-56-54-25-14-16-27-58(54)64(60(56)42-52,44-18-9-7-10-19-44)48-21-17-20-47(40-48)62(4,5)6/h7-42H,1-6H3. The van der Waals surface area contributed by atoms with Crippen molar-refractivity contribution in [2.24, 2.45) is 0 Å². The van der Waals surface area contributed by atoms with E-state index in [1.165, 1.54) is 66.8 Å². The van der Waals surface area contributed by atoms with Crippen LogP contribution in [0.2, 0.25) is 0 Å². The molecule has 0 radical (unpaired) electrons. The number of anilines is 3. The van der Waals surface area contributed by atoms with Gasteiger partial charge in [0.2, 0.25) is 0 Å². The molecule has 0 aromatic heterocycles. The van der Waals surface area contributed by atoms with Gasteiger partial charge in [0, 0.05) is 17.1 Å². The highest BCUT2D eigenvalue weighted by Gasteiger charge is 2.48. The molecule has 2 aliphatic carbocycles. The SMILES string of the molecule is CC(C)(C)c1ccc(C2(c3ccc(F)cc3)c3ccccc3-c3ccc(N(c4ccccc4)c4ccc5c(c4)C(c4ccccc4)(c4cccc(C(C)(C)C)c4)c4ccccc4-5)cc32)cc1. The minimum atomic E-state index is -0.714. The second-order valence-corrected chi connectivity index (χ2v) is 20.3. The monoisotopic (exact) mass is 855 g/mol. The van der Waals surface area contributed by atoms with Gasteiger partial charge in [-0.1, -0.05) is 211 Å². The molecule has 0 saturated heterocycles. The van der Waals surface area contributed by atoms with E-state index in [1.807, 2.05) is 12.1 Å². The van der Waals surface area contributed by atoms with E-state index in [1.54, 1.807) is 12.1 Å². The number of para-hydroxylation sites is 1. The Balaban J connectivity index is 1.18. The van der Waals surface area contributed by atoms with Gasteiger partial charge in [-0.3, -0.25) is 0 Å². The number of hydrogen-bond donors (Lipinski definition) is 0. The van der Waals surface area contributed by atoms with E-state index >= 15 is 0 Å². The molecular weight excluding hydrogens is 802 g/mol.